The van der Waals surface area contributed by atoms with Crippen LogP contribution >= 0.6 is 0 Å². The molecule has 0 radical (unpaired) electrons. The number of ether oxygens (including phenoxy) is 1. The largest absolute Gasteiger partial charge is 0.497 e. The molecule has 0 saturated carbocycles. The number of benzene rings is 1. The molecule has 2 rings (SSSR count). The van der Waals surface area contributed by atoms with Crippen LogP contribution in [0.1, 0.15) is 18.4 Å². The van der Waals surface area contributed by atoms with Gasteiger partial charge in [0.15, 0.2) is 6.10 Å². The Kier molecular flexibility index (Phi) is 5.60. The van der Waals surface area contributed by atoms with Crippen molar-refractivity contribution in [3.8, 4) is 5.75 Å². The van der Waals surface area contributed by atoms with E-state index in [1.54, 1.807) is 24.3 Å². The van der Waals surface area contributed by atoms with E-state index < -0.39 is 34.5 Å². The smallest absolute Gasteiger partial charge is 0.497 e. The number of likely N-dealkylation sites (tertiary alicyclic amines) is 1. The number of carbonyl (C=O) groups excluding carboxylic acids is 2. The SMILES string of the molecule is COc1ccc(CN2C(=O)CCC(OS(=O)C(F)(F)F)C2=O)cc1. The van der Waals surface area contributed by atoms with E-state index in [1.165, 1.54) is 7.11 Å². The molecule has 1 aromatic carbocycles. The number of rotatable bonds is 5. The molecule has 0 bridgehead atoms. The predicted octanol–water partition coefficient (Wildman–Crippen LogP) is 1.91. The van der Waals surface area contributed by atoms with Gasteiger partial charge in [0.2, 0.25) is 5.91 Å². The normalized spacial score (nSPS) is 20.2. The topological polar surface area (TPSA) is 72.9 Å². The minimum atomic E-state index is -5.08. The molecular weight excluding hydrogens is 351 g/mol. The lowest BCUT2D eigenvalue weighted by atomic mass is 10.1. The van der Waals surface area contributed by atoms with Crippen LogP contribution in [-0.4, -0.2) is 39.6 Å². The zero-order valence-corrected chi connectivity index (χ0v) is 13.4. The second-order valence-corrected chi connectivity index (χ2v) is 6.09. The van der Waals surface area contributed by atoms with Crippen LogP contribution in [0.3, 0.4) is 0 Å². The van der Waals surface area contributed by atoms with E-state index in [4.69, 9.17) is 4.74 Å². The molecule has 2 amide bonds. The molecule has 0 N–H and O–H groups in total. The molecular formula is C14H14F3NO5S. The number of hydrogen-bond acceptors (Lipinski definition) is 5. The van der Waals surface area contributed by atoms with Gasteiger partial charge in [-0.25, -0.2) is 4.21 Å². The number of nitrogens with zero attached hydrogens (tertiary/aromatic N) is 1. The number of imide groups is 1. The Labute approximate surface area is 138 Å². The third-order valence-electron chi connectivity index (χ3n) is 3.36. The maximum absolute atomic E-state index is 12.3. The van der Waals surface area contributed by atoms with Gasteiger partial charge in [-0.15, -0.1) is 0 Å². The Bertz CT molecular complexity index is 647. The summed E-state index contributed by atoms with van der Waals surface area (Å²) in [7, 11) is 1.48. The molecule has 2 atom stereocenters. The van der Waals surface area contributed by atoms with Crippen LogP contribution in [-0.2, 0) is 31.4 Å². The van der Waals surface area contributed by atoms with E-state index in [0.717, 1.165) is 4.90 Å². The van der Waals surface area contributed by atoms with Crippen molar-refractivity contribution in [3.05, 3.63) is 29.8 Å². The summed E-state index contributed by atoms with van der Waals surface area (Å²) in [6.07, 6.45) is -1.97. The van der Waals surface area contributed by atoms with Crippen LogP contribution in [0, 0.1) is 0 Å². The van der Waals surface area contributed by atoms with Crippen LogP contribution in [0.25, 0.3) is 0 Å². The summed E-state index contributed by atoms with van der Waals surface area (Å²) in [5.41, 5.74) is -4.49. The first kappa shape index (κ1) is 18.4. The number of hydrogen-bond donors (Lipinski definition) is 0. The fraction of sp³-hybridized carbons (Fsp3) is 0.429. The van der Waals surface area contributed by atoms with Crippen molar-refractivity contribution in [1.29, 1.82) is 0 Å². The highest BCUT2D eigenvalue weighted by Crippen LogP contribution is 2.26. The molecule has 0 aliphatic carbocycles. The monoisotopic (exact) mass is 365 g/mol. The molecule has 10 heteroatoms. The van der Waals surface area contributed by atoms with E-state index in [1.807, 2.05) is 0 Å². The Hall–Kier alpha value is -1.94. The van der Waals surface area contributed by atoms with Gasteiger partial charge in [0.05, 0.1) is 13.7 Å². The van der Waals surface area contributed by atoms with E-state index in [2.05, 4.69) is 4.18 Å². The summed E-state index contributed by atoms with van der Waals surface area (Å²) < 4.78 is 57.2. The van der Waals surface area contributed by atoms with Crippen molar-refractivity contribution in [3.63, 3.8) is 0 Å². The van der Waals surface area contributed by atoms with Gasteiger partial charge >= 0.3 is 5.51 Å². The fourth-order valence-corrected chi connectivity index (χ4v) is 2.64. The average molecular weight is 365 g/mol. The molecule has 0 spiro atoms. The van der Waals surface area contributed by atoms with Crippen molar-refractivity contribution in [2.45, 2.75) is 31.0 Å². The van der Waals surface area contributed by atoms with E-state index in [9.17, 15) is 27.0 Å². The van der Waals surface area contributed by atoms with Crippen LogP contribution in [0.15, 0.2) is 24.3 Å². The minimum absolute atomic E-state index is 0.111. The number of alkyl halides is 3. The number of amides is 2. The van der Waals surface area contributed by atoms with Crippen molar-refractivity contribution in [2.75, 3.05) is 7.11 Å². The zero-order valence-electron chi connectivity index (χ0n) is 12.5. The van der Waals surface area contributed by atoms with Gasteiger partial charge in [-0.3, -0.25) is 18.7 Å². The van der Waals surface area contributed by atoms with Gasteiger partial charge in [0, 0.05) is 6.42 Å². The van der Waals surface area contributed by atoms with E-state index >= 15 is 0 Å². The number of carbonyl (C=O) groups is 2. The van der Waals surface area contributed by atoms with E-state index in [0.29, 0.717) is 11.3 Å². The third kappa shape index (κ3) is 4.32. The molecule has 1 aliphatic heterocycles. The minimum Gasteiger partial charge on any atom is -0.497 e. The number of halogens is 3. The third-order valence-corrected chi connectivity index (χ3v) is 4.14. The highest BCUT2D eigenvalue weighted by molar-refractivity contribution is 7.81. The second-order valence-electron chi connectivity index (χ2n) is 4.97. The lowest BCUT2D eigenvalue weighted by Gasteiger charge is -2.30. The molecule has 1 aromatic rings. The van der Waals surface area contributed by atoms with Crippen LogP contribution in [0.5, 0.6) is 5.75 Å². The fourth-order valence-electron chi connectivity index (χ4n) is 2.14. The summed E-state index contributed by atoms with van der Waals surface area (Å²) >= 11 is -3.61. The average Bonchev–Trinajstić information content (AvgIpc) is 2.53. The standard InChI is InChI=1S/C14H14F3NO5S/c1-22-10-4-2-9(3-5-10)8-18-12(19)7-6-11(13(18)20)23-24(21)14(15,16)17/h2-5,11H,6-8H2,1H3. The molecule has 1 aliphatic rings. The molecule has 1 saturated heterocycles. The van der Waals surface area contributed by atoms with Gasteiger partial charge in [-0.2, -0.15) is 13.2 Å². The molecule has 1 fully saturated rings. The first-order chi connectivity index (χ1) is 11.2. The lowest BCUT2D eigenvalue weighted by Crippen LogP contribution is -2.48. The van der Waals surface area contributed by atoms with Crippen molar-refractivity contribution >= 4 is 22.9 Å². The number of piperidine rings is 1. The van der Waals surface area contributed by atoms with E-state index in [-0.39, 0.29) is 19.4 Å². The Morgan fingerprint density at radius 3 is 2.42 bits per heavy atom. The molecule has 2 unspecified atom stereocenters. The molecule has 132 valence electrons. The van der Waals surface area contributed by atoms with Crippen LogP contribution < -0.4 is 4.74 Å². The second kappa shape index (κ2) is 7.31. The molecule has 1 heterocycles. The highest BCUT2D eigenvalue weighted by Gasteiger charge is 2.44. The maximum Gasteiger partial charge on any atom is 0.497 e. The highest BCUT2D eigenvalue weighted by atomic mass is 32.2. The Balaban J connectivity index is 2.09. The Morgan fingerprint density at radius 2 is 1.88 bits per heavy atom. The van der Waals surface area contributed by atoms with Gasteiger partial charge in [0.1, 0.15) is 5.75 Å². The summed E-state index contributed by atoms with van der Waals surface area (Å²) in [6.45, 7) is -0.111. The molecule has 6 nitrogen and oxygen atoms in total. The summed E-state index contributed by atoms with van der Waals surface area (Å²) in [5, 5.41) is 0. The van der Waals surface area contributed by atoms with Crippen molar-refractivity contribution in [2.24, 2.45) is 0 Å². The lowest BCUT2D eigenvalue weighted by molar-refractivity contribution is -0.155. The van der Waals surface area contributed by atoms with Crippen molar-refractivity contribution < 1.29 is 35.9 Å². The van der Waals surface area contributed by atoms with Gasteiger partial charge in [-0.1, -0.05) is 12.1 Å². The summed E-state index contributed by atoms with van der Waals surface area (Å²) in [6, 6.07) is 6.50. The maximum atomic E-state index is 12.3. The van der Waals surface area contributed by atoms with Crippen LogP contribution in [0.4, 0.5) is 13.2 Å². The first-order valence-electron chi connectivity index (χ1n) is 6.85. The summed E-state index contributed by atoms with van der Waals surface area (Å²) in [4.78, 5) is 24.9. The quantitative estimate of drug-likeness (QED) is 0.746. The van der Waals surface area contributed by atoms with Gasteiger partial charge in [0.25, 0.3) is 17.0 Å². The van der Waals surface area contributed by atoms with Gasteiger partial charge < -0.3 is 4.74 Å². The first-order valence-corrected chi connectivity index (χ1v) is 7.92. The number of methoxy groups -OCH3 is 1. The molecule has 0 aromatic heterocycles. The zero-order chi connectivity index (χ0) is 17.9. The molecule has 24 heavy (non-hydrogen) atoms. The van der Waals surface area contributed by atoms with Crippen molar-refractivity contribution in [1.82, 2.24) is 4.90 Å². The van der Waals surface area contributed by atoms with Gasteiger partial charge in [-0.05, 0) is 24.1 Å². The Morgan fingerprint density at radius 1 is 1.25 bits per heavy atom. The summed E-state index contributed by atoms with van der Waals surface area (Å²) in [5.74, 6) is -0.870. The van der Waals surface area contributed by atoms with Crippen LogP contribution in [0.2, 0.25) is 0 Å². The predicted molar refractivity (Wildman–Crippen MR) is 76.9 cm³/mol.